The fraction of sp³-hybridized carbons (Fsp3) is 0.429. The Kier molecular flexibility index (Phi) is 8.56. The van der Waals surface area contributed by atoms with E-state index >= 15 is 0 Å². The smallest absolute Gasteiger partial charge is 0.166 e. The third-order valence-electron chi connectivity index (χ3n) is 4.63. The fourth-order valence-corrected chi connectivity index (χ4v) is 3.47. The first-order valence-electron chi connectivity index (χ1n) is 9.12. The van der Waals surface area contributed by atoms with Crippen LogP contribution in [-0.4, -0.2) is 12.6 Å². The Morgan fingerprint density at radius 2 is 1.73 bits per heavy atom. The van der Waals surface area contributed by atoms with Crippen LogP contribution in [0.1, 0.15) is 43.7 Å². The fourth-order valence-electron chi connectivity index (χ4n) is 3.28. The van der Waals surface area contributed by atoms with Crippen LogP contribution in [0.2, 0.25) is 5.02 Å². The summed E-state index contributed by atoms with van der Waals surface area (Å²) < 4.78 is 11.9. The molecule has 1 saturated carbocycles. The van der Waals surface area contributed by atoms with Crippen molar-refractivity contribution in [1.82, 2.24) is 5.32 Å². The van der Waals surface area contributed by atoms with Gasteiger partial charge in [-0.3, -0.25) is 0 Å². The standard InChI is InChI=1S/C21H26ClNO2.ClH/c1-2-24-20-13-7-9-16(14-23-18-10-4-5-11-18)21(20)25-15-17-8-3-6-12-19(17)22;/h3,6-9,12-13,18,23H,2,4-5,10-11,14-15H2,1H3;1H. The third-order valence-corrected chi connectivity index (χ3v) is 5.00. The lowest BCUT2D eigenvalue weighted by Gasteiger charge is -2.18. The van der Waals surface area contributed by atoms with Gasteiger partial charge in [0.25, 0.3) is 0 Å². The maximum Gasteiger partial charge on any atom is 0.166 e. The first-order valence-corrected chi connectivity index (χ1v) is 9.50. The molecule has 0 unspecified atom stereocenters. The lowest BCUT2D eigenvalue weighted by Crippen LogP contribution is -2.25. The van der Waals surface area contributed by atoms with E-state index in [1.807, 2.05) is 43.3 Å². The van der Waals surface area contributed by atoms with Crippen LogP contribution in [0, 0.1) is 0 Å². The minimum atomic E-state index is 0. The van der Waals surface area contributed by atoms with Gasteiger partial charge in [-0.2, -0.15) is 0 Å². The molecule has 0 amide bonds. The van der Waals surface area contributed by atoms with Gasteiger partial charge >= 0.3 is 0 Å². The highest BCUT2D eigenvalue weighted by molar-refractivity contribution is 6.31. The molecule has 1 N–H and O–H groups in total. The summed E-state index contributed by atoms with van der Waals surface area (Å²) in [5, 5.41) is 4.38. The second-order valence-corrected chi connectivity index (χ2v) is 6.83. The van der Waals surface area contributed by atoms with Gasteiger partial charge in [-0.05, 0) is 31.9 Å². The summed E-state index contributed by atoms with van der Waals surface area (Å²) in [6, 6.07) is 14.5. The maximum atomic E-state index is 6.25. The number of para-hydroxylation sites is 1. The van der Waals surface area contributed by atoms with Crippen LogP contribution in [-0.2, 0) is 13.2 Å². The average molecular weight is 396 g/mol. The first-order chi connectivity index (χ1) is 12.3. The molecule has 0 spiro atoms. The predicted molar refractivity (Wildman–Crippen MR) is 110 cm³/mol. The van der Waals surface area contributed by atoms with Gasteiger partial charge in [-0.25, -0.2) is 0 Å². The van der Waals surface area contributed by atoms with Crippen molar-refractivity contribution < 1.29 is 9.47 Å². The van der Waals surface area contributed by atoms with Crippen molar-refractivity contribution in [3.63, 3.8) is 0 Å². The average Bonchev–Trinajstić information content (AvgIpc) is 3.14. The molecule has 26 heavy (non-hydrogen) atoms. The zero-order valence-electron chi connectivity index (χ0n) is 15.2. The molecule has 3 nitrogen and oxygen atoms in total. The van der Waals surface area contributed by atoms with Crippen molar-refractivity contribution in [2.75, 3.05) is 6.61 Å². The summed E-state index contributed by atoms with van der Waals surface area (Å²) in [7, 11) is 0. The number of nitrogens with one attached hydrogen (secondary N) is 1. The molecule has 2 aromatic rings. The van der Waals surface area contributed by atoms with Gasteiger partial charge in [-0.1, -0.05) is 54.8 Å². The normalized spacial score (nSPS) is 14.1. The number of ether oxygens (including phenoxy) is 2. The highest BCUT2D eigenvalue weighted by atomic mass is 35.5. The predicted octanol–water partition coefficient (Wildman–Crippen LogP) is 5.77. The second kappa shape index (κ2) is 10.7. The Morgan fingerprint density at radius 3 is 2.46 bits per heavy atom. The quantitative estimate of drug-likeness (QED) is 0.614. The molecule has 0 aromatic heterocycles. The molecule has 1 aliphatic rings. The van der Waals surface area contributed by atoms with Gasteiger partial charge in [0.1, 0.15) is 6.61 Å². The van der Waals surface area contributed by atoms with Crippen molar-refractivity contribution in [1.29, 1.82) is 0 Å². The Hall–Kier alpha value is -1.42. The van der Waals surface area contributed by atoms with Crippen molar-refractivity contribution in [2.24, 2.45) is 0 Å². The summed E-state index contributed by atoms with van der Waals surface area (Å²) in [6.07, 6.45) is 5.18. The molecular formula is C21H27Cl2NO2. The largest absolute Gasteiger partial charge is 0.490 e. The van der Waals surface area contributed by atoms with Crippen molar-refractivity contribution >= 4 is 24.0 Å². The monoisotopic (exact) mass is 395 g/mol. The number of halogens is 2. The van der Waals surface area contributed by atoms with Gasteiger partial charge in [0.05, 0.1) is 6.61 Å². The van der Waals surface area contributed by atoms with E-state index in [0.29, 0.717) is 19.3 Å². The molecule has 0 bridgehead atoms. The number of benzene rings is 2. The van der Waals surface area contributed by atoms with Crippen LogP contribution in [0.5, 0.6) is 11.5 Å². The molecule has 2 aromatic carbocycles. The van der Waals surface area contributed by atoms with E-state index in [-0.39, 0.29) is 12.4 Å². The lowest BCUT2D eigenvalue weighted by molar-refractivity contribution is 0.265. The minimum absolute atomic E-state index is 0. The number of rotatable bonds is 8. The van der Waals surface area contributed by atoms with E-state index in [9.17, 15) is 0 Å². The topological polar surface area (TPSA) is 30.5 Å². The Labute approximate surface area is 167 Å². The summed E-state index contributed by atoms with van der Waals surface area (Å²) in [5.74, 6) is 1.61. The summed E-state index contributed by atoms with van der Waals surface area (Å²) in [4.78, 5) is 0. The number of hydrogen-bond donors (Lipinski definition) is 1. The zero-order valence-corrected chi connectivity index (χ0v) is 16.7. The van der Waals surface area contributed by atoms with Gasteiger partial charge < -0.3 is 14.8 Å². The van der Waals surface area contributed by atoms with Gasteiger partial charge in [0.15, 0.2) is 11.5 Å². The minimum Gasteiger partial charge on any atom is -0.490 e. The van der Waals surface area contributed by atoms with Crippen LogP contribution in [0.4, 0.5) is 0 Å². The molecule has 3 rings (SSSR count). The molecule has 0 atom stereocenters. The number of hydrogen-bond acceptors (Lipinski definition) is 3. The van der Waals surface area contributed by atoms with Crippen LogP contribution in [0.3, 0.4) is 0 Å². The summed E-state index contributed by atoms with van der Waals surface area (Å²) >= 11 is 6.25. The van der Waals surface area contributed by atoms with Crippen molar-refractivity contribution in [3.8, 4) is 11.5 Å². The summed E-state index contributed by atoms with van der Waals surface area (Å²) in [5.41, 5.74) is 2.11. The molecule has 5 heteroatoms. The zero-order chi connectivity index (χ0) is 17.5. The lowest BCUT2D eigenvalue weighted by atomic mass is 10.1. The van der Waals surface area contributed by atoms with E-state index in [4.69, 9.17) is 21.1 Å². The maximum absolute atomic E-state index is 6.25. The van der Waals surface area contributed by atoms with Crippen LogP contribution < -0.4 is 14.8 Å². The Balaban J connectivity index is 0.00000243. The van der Waals surface area contributed by atoms with Gasteiger partial charge in [-0.15, -0.1) is 12.4 Å². The molecular weight excluding hydrogens is 369 g/mol. The van der Waals surface area contributed by atoms with E-state index in [0.717, 1.165) is 34.2 Å². The van der Waals surface area contributed by atoms with Crippen molar-refractivity contribution in [3.05, 3.63) is 58.6 Å². The van der Waals surface area contributed by atoms with E-state index < -0.39 is 0 Å². The van der Waals surface area contributed by atoms with E-state index in [2.05, 4.69) is 11.4 Å². The highest BCUT2D eigenvalue weighted by Gasteiger charge is 2.17. The molecule has 1 aliphatic carbocycles. The highest BCUT2D eigenvalue weighted by Crippen LogP contribution is 2.33. The van der Waals surface area contributed by atoms with Crippen LogP contribution in [0.15, 0.2) is 42.5 Å². The second-order valence-electron chi connectivity index (χ2n) is 6.42. The van der Waals surface area contributed by atoms with E-state index in [1.165, 1.54) is 25.7 Å². The van der Waals surface area contributed by atoms with E-state index in [1.54, 1.807) is 0 Å². The molecule has 1 fully saturated rings. The molecule has 0 heterocycles. The Morgan fingerprint density at radius 1 is 1.00 bits per heavy atom. The van der Waals surface area contributed by atoms with Gasteiger partial charge in [0, 0.05) is 28.7 Å². The van der Waals surface area contributed by atoms with Crippen molar-refractivity contribution in [2.45, 2.75) is 51.8 Å². The summed E-state index contributed by atoms with van der Waals surface area (Å²) in [6.45, 7) is 3.83. The first kappa shape index (κ1) is 20.9. The van der Waals surface area contributed by atoms with Crippen LogP contribution >= 0.6 is 24.0 Å². The molecule has 0 saturated heterocycles. The van der Waals surface area contributed by atoms with Crippen LogP contribution in [0.25, 0.3) is 0 Å². The molecule has 142 valence electrons. The molecule has 0 radical (unpaired) electrons. The SMILES string of the molecule is CCOc1cccc(CNC2CCCC2)c1OCc1ccccc1Cl.Cl. The molecule has 0 aliphatic heterocycles. The third kappa shape index (κ3) is 5.54. The Bertz CT molecular complexity index is 687. The van der Waals surface area contributed by atoms with Gasteiger partial charge in [0.2, 0.25) is 0 Å².